The molecule has 0 atom stereocenters. The molecule has 0 aliphatic carbocycles. The number of nitrogens with two attached hydrogens (primary N) is 1. The summed E-state index contributed by atoms with van der Waals surface area (Å²) in [6, 6.07) is 1.87. The number of nitrogens with one attached hydrogen (secondary N) is 1. The number of aromatic nitrogens is 4. The Kier molecular flexibility index (Phi) is 6.29. The number of thioether (sulfide) groups is 1. The van der Waals surface area contributed by atoms with Crippen LogP contribution in [0.2, 0.25) is 0 Å². The number of H-pyrrole nitrogens is 1. The number of aliphatic hydroxyl groups excluding tert-OH is 1. The van der Waals surface area contributed by atoms with E-state index in [0.717, 1.165) is 10.7 Å². The van der Waals surface area contributed by atoms with E-state index >= 15 is 0 Å². The second-order valence-corrected chi connectivity index (χ2v) is 7.43. The number of aliphatic imine (C=N–C) groups is 1. The largest absolute Gasteiger partial charge is 0.400 e. The van der Waals surface area contributed by atoms with E-state index in [4.69, 9.17) is 5.73 Å². The highest BCUT2D eigenvalue weighted by Gasteiger charge is 2.23. The van der Waals surface area contributed by atoms with Crippen LogP contribution in [0.15, 0.2) is 51.2 Å². The molecule has 0 fully saturated rings. The van der Waals surface area contributed by atoms with Gasteiger partial charge in [0.2, 0.25) is 0 Å². The van der Waals surface area contributed by atoms with Crippen LogP contribution in [-0.4, -0.2) is 57.0 Å². The Balaban J connectivity index is 1.97. The van der Waals surface area contributed by atoms with Crippen LogP contribution < -0.4 is 16.3 Å². The number of anilines is 1. The van der Waals surface area contributed by atoms with Gasteiger partial charge in [-0.25, -0.2) is 4.68 Å². The minimum atomic E-state index is -0.355. The molecule has 0 bridgehead atoms. The summed E-state index contributed by atoms with van der Waals surface area (Å²) in [5.74, 6) is 0. The lowest BCUT2D eigenvalue weighted by molar-refractivity contribution is 0.335. The van der Waals surface area contributed by atoms with E-state index in [-0.39, 0.29) is 18.7 Å². The molecule has 2 aromatic rings. The lowest BCUT2D eigenvalue weighted by Crippen LogP contribution is -2.31. The molecule has 0 amide bonds. The van der Waals surface area contributed by atoms with Gasteiger partial charge in [-0.05, 0) is 6.07 Å². The number of hydrogen-bond acceptors (Lipinski definition) is 9. The minimum Gasteiger partial charge on any atom is -0.400 e. The molecule has 3 heterocycles. The Morgan fingerprint density at radius 1 is 1.52 bits per heavy atom. The van der Waals surface area contributed by atoms with E-state index in [2.05, 4.69) is 32.0 Å². The van der Waals surface area contributed by atoms with Crippen LogP contribution >= 0.6 is 11.8 Å². The Hall–Kier alpha value is -3.18. The number of aromatic amines is 1. The Bertz CT molecular complexity index is 1050. The fraction of sp³-hybridized carbons (Fsp3) is 0.278. The maximum atomic E-state index is 13.1. The standard InChI is InChI=1S/C18H22N8O2S/c1-11-14-8-22-26(9-15(19)12(10-27)7-20-2)18(28)17(14)25(3)24-16(29-11)6-13-4-5-21-23-13/h4-5,7-8,27H,1,6,9-10,19H2,2-3H3,(H,21,23). The number of rotatable bonds is 6. The number of hydrogen-bond donors (Lipinski definition) is 3. The average Bonchev–Trinajstić information content (AvgIpc) is 3.15. The molecule has 0 unspecified atom stereocenters. The predicted molar refractivity (Wildman–Crippen MR) is 116 cm³/mol. The maximum Gasteiger partial charge on any atom is 0.293 e. The van der Waals surface area contributed by atoms with Crippen molar-refractivity contribution in [2.75, 3.05) is 25.7 Å². The summed E-state index contributed by atoms with van der Waals surface area (Å²) in [6.07, 6.45) is 5.25. The van der Waals surface area contributed by atoms with Crippen molar-refractivity contribution in [2.24, 2.45) is 15.8 Å². The van der Waals surface area contributed by atoms with Crippen molar-refractivity contribution in [3.8, 4) is 0 Å². The second-order valence-electron chi connectivity index (χ2n) is 6.27. The van der Waals surface area contributed by atoms with Gasteiger partial charge in [-0.15, -0.1) is 0 Å². The lowest BCUT2D eigenvalue weighted by atomic mass is 10.2. The van der Waals surface area contributed by atoms with Crippen molar-refractivity contribution in [3.05, 3.63) is 57.9 Å². The molecule has 1 aliphatic heterocycles. The lowest BCUT2D eigenvalue weighted by Gasteiger charge is -2.16. The fourth-order valence-corrected chi connectivity index (χ4v) is 3.74. The van der Waals surface area contributed by atoms with Crippen LogP contribution in [0, 0.1) is 0 Å². The molecule has 4 N–H and O–H groups in total. The monoisotopic (exact) mass is 414 g/mol. The third kappa shape index (κ3) is 4.46. The Labute approximate surface area is 171 Å². The Morgan fingerprint density at radius 3 is 2.97 bits per heavy atom. The number of nitrogens with zero attached hydrogens (tertiary/aromatic N) is 6. The smallest absolute Gasteiger partial charge is 0.293 e. The first kappa shape index (κ1) is 20.6. The van der Waals surface area contributed by atoms with Crippen molar-refractivity contribution in [1.29, 1.82) is 0 Å². The van der Waals surface area contributed by atoms with E-state index in [9.17, 15) is 9.90 Å². The predicted octanol–water partition coefficient (Wildman–Crippen LogP) is 0.582. The van der Waals surface area contributed by atoms with E-state index in [0.29, 0.717) is 33.8 Å². The first-order valence-corrected chi connectivity index (χ1v) is 9.53. The third-order valence-corrected chi connectivity index (χ3v) is 5.16. The van der Waals surface area contributed by atoms with Crippen molar-refractivity contribution in [1.82, 2.24) is 20.0 Å². The maximum absolute atomic E-state index is 13.1. The first-order valence-electron chi connectivity index (χ1n) is 8.71. The van der Waals surface area contributed by atoms with Gasteiger partial charge in [0.1, 0.15) is 10.7 Å². The SMILES string of the molecule is C=C1SC(Cc2ccn[nH]2)=NN(C)c2c1cnn(CC(N)=C(C=NC)CO)c2=O. The van der Waals surface area contributed by atoms with Crippen molar-refractivity contribution < 1.29 is 5.11 Å². The molecule has 2 aromatic heterocycles. The molecule has 152 valence electrons. The summed E-state index contributed by atoms with van der Waals surface area (Å²) < 4.78 is 1.23. The van der Waals surface area contributed by atoms with Gasteiger partial charge in [0.05, 0.1) is 19.3 Å². The number of fused-ring (bicyclic) bond motifs is 1. The van der Waals surface area contributed by atoms with Crippen LogP contribution in [0.5, 0.6) is 0 Å². The second kappa shape index (κ2) is 8.88. The summed E-state index contributed by atoms with van der Waals surface area (Å²) in [5, 5.41) is 27.4. The molecule has 29 heavy (non-hydrogen) atoms. The average molecular weight is 414 g/mol. The normalized spacial score (nSPS) is 15.2. The van der Waals surface area contributed by atoms with Gasteiger partial charge in [-0.3, -0.25) is 19.9 Å². The Morgan fingerprint density at radius 2 is 2.31 bits per heavy atom. The van der Waals surface area contributed by atoms with Gasteiger partial charge in [-0.1, -0.05) is 18.3 Å². The highest BCUT2D eigenvalue weighted by Crippen LogP contribution is 2.35. The number of allylic oxidation sites excluding steroid dienone is 1. The zero-order valence-corrected chi connectivity index (χ0v) is 17.0. The zero-order chi connectivity index (χ0) is 21.0. The topological polar surface area (TPSA) is 138 Å². The van der Waals surface area contributed by atoms with E-state index in [1.54, 1.807) is 26.5 Å². The molecule has 0 spiro atoms. The molecule has 0 radical (unpaired) electrons. The molecule has 10 nitrogen and oxygen atoms in total. The van der Waals surface area contributed by atoms with E-state index in [1.807, 2.05) is 6.07 Å². The van der Waals surface area contributed by atoms with Crippen LogP contribution in [0.1, 0.15) is 11.3 Å². The van der Waals surface area contributed by atoms with Crippen LogP contribution in [0.25, 0.3) is 4.91 Å². The van der Waals surface area contributed by atoms with Crippen molar-refractivity contribution in [3.63, 3.8) is 0 Å². The molecular weight excluding hydrogens is 392 g/mol. The zero-order valence-electron chi connectivity index (χ0n) is 16.2. The molecule has 0 saturated carbocycles. The van der Waals surface area contributed by atoms with E-state index < -0.39 is 0 Å². The van der Waals surface area contributed by atoms with E-state index in [1.165, 1.54) is 27.7 Å². The minimum absolute atomic E-state index is 0.0200. The summed E-state index contributed by atoms with van der Waals surface area (Å²) >= 11 is 1.39. The first-order chi connectivity index (χ1) is 13.9. The molecule has 0 saturated heterocycles. The van der Waals surface area contributed by atoms with Gasteiger partial charge < -0.3 is 10.8 Å². The molecule has 3 rings (SSSR count). The third-order valence-electron chi connectivity index (χ3n) is 4.23. The number of hydrazone groups is 1. The van der Waals surface area contributed by atoms with Gasteiger partial charge in [0.15, 0.2) is 0 Å². The quantitative estimate of drug-likeness (QED) is 0.588. The van der Waals surface area contributed by atoms with Crippen molar-refractivity contribution >= 4 is 33.6 Å². The van der Waals surface area contributed by atoms with Crippen LogP contribution in [0.4, 0.5) is 5.69 Å². The molecule has 0 aromatic carbocycles. The van der Waals surface area contributed by atoms with Crippen LogP contribution in [-0.2, 0) is 13.0 Å². The van der Waals surface area contributed by atoms with Crippen LogP contribution in [0.3, 0.4) is 0 Å². The van der Waals surface area contributed by atoms with Gasteiger partial charge in [0.25, 0.3) is 5.56 Å². The number of aliphatic hydroxyl groups is 1. The summed E-state index contributed by atoms with van der Waals surface area (Å²) in [7, 11) is 3.28. The fourth-order valence-electron chi connectivity index (χ4n) is 2.80. The summed E-state index contributed by atoms with van der Waals surface area (Å²) in [6.45, 7) is 3.82. The van der Waals surface area contributed by atoms with Gasteiger partial charge >= 0.3 is 0 Å². The summed E-state index contributed by atoms with van der Waals surface area (Å²) in [4.78, 5) is 17.6. The highest BCUT2D eigenvalue weighted by atomic mass is 32.2. The highest BCUT2D eigenvalue weighted by molar-refractivity contribution is 8.21. The molecular formula is C18H22N8O2S. The summed E-state index contributed by atoms with van der Waals surface area (Å²) in [5.41, 5.74) is 8.31. The van der Waals surface area contributed by atoms with Crippen molar-refractivity contribution in [2.45, 2.75) is 13.0 Å². The molecule has 1 aliphatic rings. The molecule has 11 heteroatoms. The van der Waals surface area contributed by atoms with Gasteiger partial charge in [-0.2, -0.15) is 15.3 Å². The van der Waals surface area contributed by atoms with Gasteiger partial charge in [0, 0.05) is 60.4 Å².